The summed E-state index contributed by atoms with van der Waals surface area (Å²) in [5.74, 6) is 1.55. The lowest BCUT2D eigenvalue weighted by molar-refractivity contribution is 0.102. The summed E-state index contributed by atoms with van der Waals surface area (Å²) in [5, 5.41) is 3.18. The molecule has 8 heteroatoms. The largest absolute Gasteiger partial charge is 0.493 e. The number of benzene rings is 3. The number of hydrogen-bond acceptors (Lipinski definition) is 7. The van der Waals surface area contributed by atoms with E-state index < -0.39 is 5.91 Å². The summed E-state index contributed by atoms with van der Waals surface area (Å²) in [6.07, 6.45) is 0. The Hall–Kier alpha value is -4.46. The van der Waals surface area contributed by atoms with Crippen LogP contribution in [0.2, 0.25) is 0 Å². The van der Waals surface area contributed by atoms with Crippen molar-refractivity contribution in [2.45, 2.75) is 6.92 Å². The first kappa shape index (κ1) is 21.4. The number of carbonyl (C=O) groups is 1. The molecule has 0 unspecified atom stereocenters. The molecule has 1 N–H and O–H groups in total. The zero-order chi connectivity index (χ0) is 23.8. The SMILES string of the molecule is COc1ccc(C(=O)Nc2oc3c(C)cccc3c(=O)c2-c2ccc3c(c2)OCO3)cc1OC. The molecular formula is C26H21NO7. The summed E-state index contributed by atoms with van der Waals surface area (Å²) in [7, 11) is 3.00. The van der Waals surface area contributed by atoms with Crippen molar-refractivity contribution < 1.29 is 28.2 Å². The van der Waals surface area contributed by atoms with E-state index in [9.17, 15) is 9.59 Å². The number of para-hydroxylation sites is 1. The third-order valence-electron chi connectivity index (χ3n) is 5.65. The summed E-state index contributed by atoms with van der Waals surface area (Å²) < 4.78 is 27.5. The van der Waals surface area contributed by atoms with Crippen LogP contribution in [0.1, 0.15) is 15.9 Å². The van der Waals surface area contributed by atoms with Crippen LogP contribution in [0.15, 0.2) is 63.8 Å². The van der Waals surface area contributed by atoms with E-state index in [0.29, 0.717) is 45.1 Å². The first-order valence-corrected chi connectivity index (χ1v) is 10.5. The molecule has 0 aliphatic carbocycles. The van der Waals surface area contributed by atoms with Gasteiger partial charge in [-0.1, -0.05) is 18.2 Å². The van der Waals surface area contributed by atoms with Gasteiger partial charge in [0, 0.05) is 5.56 Å². The predicted octanol–water partition coefficient (Wildman–Crippen LogP) is 4.77. The minimum Gasteiger partial charge on any atom is -0.493 e. The van der Waals surface area contributed by atoms with Crippen molar-refractivity contribution in [3.63, 3.8) is 0 Å². The maximum atomic E-state index is 13.6. The quantitative estimate of drug-likeness (QED) is 0.459. The van der Waals surface area contributed by atoms with Gasteiger partial charge in [0.2, 0.25) is 18.1 Å². The lowest BCUT2D eigenvalue weighted by atomic mass is 10.0. The fourth-order valence-electron chi connectivity index (χ4n) is 3.91. The standard InChI is InChI=1S/C26H21NO7/c1-14-5-4-6-17-23(28)22(15-7-10-19-21(11-15)33-13-32-19)26(34-24(14)17)27-25(29)16-8-9-18(30-2)20(12-16)31-3/h4-12H,13H2,1-3H3,(H,27,29). The molecule has 172 valence electrons. The van der Waals surface area contributed by atoms with Gasteiger partial charge in [0.25, 0.3) is 5.91 Å². The number of anilines is 1. The predicted molar refractivity (Wildman–Crippen MR) is 126 cm³/mol. The Morgan fingerprint density at radius 3 is 2.53 bits per heavy atom. The number of rotatable bonds is 5. The van der Waals surface area contributed by atoms with Gasteiger partial charge in [-0.25, -0.2) is 0 Å². The van der Waals surface area contributed by atoms with Gasteiger partial charge >= 0.3 is 0 Å². The molecule has 3 aromatic carbocycles. The maximum absolute atomic E-state index is 13.6. The number of fused-ring (bicyclic) bond motifs is 2. The second-order valence-electron chi connectivity index (χ2n) is 7.68. The van der Waals surface area contributed by atoms with Crippen molar-refractivity contribution >= 4 is 22.8 Å². The molecular weight excluding hydrogens is 438 g/mol. The molecule has 1 aromatic heterocycles. The second kappa shape index (κ2) is 8.47. The van der Waals surface area contributed by atoms with E-state index in [2.05, 4.69) is 5.32 Å². The highest BCUT2D eigenvalue weighted by molar-refractivity contribution is 6.06. The van der Waals surface area contributed by atoms with Crippen molar-refractivity contribution in [1.29, 1.82) is 0 Å². The molecule has 1 aliphatic heterocycles. The molecule has 4 aromatic rings. The van der Waals surface area contributed by atoms with Crippen molar-refractivity contribution in [1.82, 2.24) is 0 Å². The Morgan fingerprint density at radius 1 is 0.941 bits per heavy atom. The van der Waals surface area contributed by atoms with E-state index >= 15 is 0 Å². The van der Waals surface area contributed by atoms with Crippen LogP contribution in [0.3, 0.4) is 0 Å². The van der Waals surface area contributed by atoms with Crippen LogP contribution in [0.25, 0.3) is 22.1 Å². The summed E-state index contributed by atoms with van der Waals surface area (Å²) in [4.78, 5) is 26.8. The van der Waals surface area contributed by atoms with Crippen molar-refractivity contribution in [3.05, 3.63) is 75.9 Å². The molecule has 0 spiro atoms. The summed E-state index contributed by atoms with van der Waals surface area (Å²) >= 11 is 0. The van der Waals surface area contributed by atoms with Gasteiger partial charge in [-0.2, -0.15) is 0 Å². The Kier molecular flexibility index (Phi) is 5.33. The molecule has 1 amide bonds. The van der Waals surface area contributed by atoms with Gasteiger partial charge in [-0.15, -0.1) is 0 Å². The van der Waals surface area contributed by atoms with E-state index in [0.717, 1.165) is 5.56 Å². The topological polar surface area (TPSA) is 96.2 Å². The molecule has 1 aliphatic rings. The fraction of sp³-hybridized carbons (Fsp3) is 0.154. The minimum atomic E-state index is -0.473. The first-order valence-electron chi connectivity index (χ1n) is 10.5. The summed E-state index contributed by atoms with van der Waals surface area (Å²) in [6.45, 7) is 1.94. The zero-order valence-corrected chi connectivity index (χ0v) is 18.8. The van der Waals surface area contributed by atoms with Gasteiger partial charge in [0.1, 0.15) is 5.58 Å². The van der Waals surface area contributed by atoms with E-state index in [-0.39, 0.29) is 23.7 Å². The van der Waals surface area contributed by atoms with Gasteiger partial charge in [-0.3, -0.25) is 14.9 Å². The minimum absolute atomic E-state index is 0.0328. The number of hydrogen-bond donors (Lipinski definition) is 1. The molecule has 8 nitrogen and oxygen atoms in total. The van der Waals surface area contributed by atoms with E-state index in [4.69, 9.17) is 23.4 Å². The van der Waals surface area contributed by atoms with Gasteiger partial charge in [0.05, 0.1) is 25.2 Å². The van der Waals surface area contributed by atoms with Crippen LogP contribution < -0.4 is 29.7 Å². The Balaban J connectivity index is 1.65. The molecule has 5 rings (SSSR count). The third-order valence-corrected chi connectivity index (χ3v) is 5.65. The first-order chi connectivity index (χ1) is 16.5. The van der Waals surface area contributed by atoms with Crippen LogP contribution in [-0.2, 0) is 0 Å². The van der Waals surface area contributed by atoms with Gasteiger partial charge in [-0.05, 0) is 54.4 Å². The number of aryl methyl sites for hydroxylation is 1. The number of ether oxygens (including phenoxy) is 4. The fourth-order valence-corrected chi connectivity index (χ4v) is 3.91. The van der Waals surface area contributed by atoms with Crippen LogP contribution >= 0.6 is 0 Å². The van der Waals surface area contributed by atoms with Crippen LogP contribution in [0.5, 0.6) is 23.0 Å². The highest BCUT2D eigenvalue weighted by atomic mass is 16.7. The molecule has 0 saturated heterocycles. The Bertz CT molecular complexity index is 1490. The molecule has 0 bridgehead atoms. The molecule has 2 heterocycles. The Labute approximate surface area is 194 Å². The summed E-state index contributed by atoms with van der Waals surface area (Å²) in [5.41, 5.74) is 1.95. The van der Waals surface area contributed by atoms with Crippen LogP contribution in [0.4, 0.5) is 5.88 Å². The van der Waals surface area contributed by atoms with Gasteiger partial charge < -0.3 is 23.4 Å². The average Bonchev–Trinajstić information content (AvgIpc) is 3.32. The Morgan fingerprint density at radius 2 is 1.74 bits per heavy atom. The lowest BCUT2D eigenvalue weighted by Gasteiger charge is -2.14. The average molecular weight is 459 g/mol. The number of carbonyl (C=O) groups excluding carboxylic acids is 1. The number of methoxy groups -OCH3 is 2. The summed E-state index contributed by atoms with van der Waals surface area (Å²) in [6, 6.07) is 15.3. The van der Waals surface area contributed by atoms with Crippen molar-refractivity contribution in [2.75, 3.05) is 26.3 Å². The maximum Gasteiger partial charge on any atom is 0.258 e. The second-order valence-corrected chi connectivity index (χ2v) is 7.68. The van der Waals surface area contributed by atoms with Gasteiger partial charge in [0.15, 0.2) is 23.0 Å². The number of amides is 1. The molecule has 0 saturated carbocycles. The highest BCUT2D eigenvalue weighted by Crippen LogP contribution is 2.38. The zero-order valence-electron chi connectivity index (χ0n) is 18.8. The molecule has 34 heavy (non-hydrogen) atoms. The van der Waals surface area contributed by atoms with E-state index in [1.54, 1.807) is 48.5 Å². The van der Waals surface area contributed by atoms with Crippen molar-refractivity contribution in [3.8, 4) is 34.1 Å². The normalized spacial score (nSPS) is 12.0. The van der Waals surface area contributed by atoms with Crippen molar-refractivity contribution in [2.24, 2.45) is 0 Å². The molecule has 0 radical (unpaired) electrons. The third kappa shape index (κ3) is 3.59. The smallest absolute Gasteiger partial charge is 0.258 e. The van der Waals surface area contributed by atoms with E-state index in [1.807, 2.05) is 13.0 Å². The van der Waals surface area contributed by atoms with Crippen LogP contribution in [-0.4, -0.2) is 26.9 Å². The molecule has 0 fully saturated rings. The van der Waals surface area contributed by atoms with Crippen LogP contribution in [0, 0.1) is 6.92 Å². The monoisotopic (exact) mass is 459 g/mol. The highest BCUT2D eigenvalue weighted by Gasteiger charge is 2.23. The molecule has 0 atom stereocenters. The lowest BCUT2D eigenvalue weighted by Crippen LogP contribution is -2.17. The number of nitrogens with one attached hydrogen (secondary N) is 1. The van der Waals surface area contributed by atoms with E-state index in [1.165, 1.54) is 14.2 Å².